The lowest BCUT2D eigenvalue weighted by atomic mass is 9.83. The fourth-order valence-electron chi connectivity index (χ4n) is 1.36. The Morgan fingerprint density at radius 2 is 1.77 bits per heavy atom. The summed E-state index contributed by atoms with van der Waals surface area (Å²) < 4.78 is 0. The Morgan fingerprint density at radius 3 is 2.00 bits per heavy atom. The van der Waals surface area contributed by atoms with Gasteiger partial charge < -0.3 is 5.32 Å². The Labute approximate surface area is 82.1 Å². The Bertz CT molecular complexity index is 167. The molecule has 0 saturated carbocycles. The number of hydrogen-bond acceptors (Lipinski definition) is 2. The second-order valence-electron chi connectivity index (χ2n) is 4.94. The van der Waals surface area contributed by atoms with Crippen molar-refractivity contribution in [3.05, 3.63) is 0 Å². The van der Waals surface area contributed by atoms with Crippen LogP contribution in [0.1, 0.15) is 48.0 Å². The van der Waals surface area contributed by atoms with E-state index in [0.29, 0.717) is 18.2 Å². The maximum Gasteiger partial charge on any atom is 0.150 e. The van der Waals surface area contributed by atoms with Gasteiger partial charge in [0.05, 0.1) is 6.04 Å². The van der Waals surface area contributed by atoms with Crippen LogP contribution in [0.3, 0.4) is 0 Å². The number of ketones is 1. The van der Waals surface area contributed by atoms with Crippen molar-refractivity contribution in [1.29, 1.82) is 0 Å². The highest BCUT2D eigenvalue weighted by Crippen LogP contribution is 2.21. The number of carbonyl (C=O) groups excluding carboxylic acids is 1. The molecule has 0 fully saturated rings. The standard InChI is InChI=1S/C11H23NO/c1-7-9(13)10(11(4,5)6)12-8(2)3/h8,10,12H,7H2,1-6H3/t10-/m1/s1. The SMILES string of the molecule is CCC(=O)[C@@H](NC(C)C)C(C)(C)C. The van der Waals surface area contributed by atoms with Gasteiger partial charge >= 0.3 is 0 Å². The number of nitrogens with one attached hydrogen (secondary N) is 1. The largest absolute Gasteiger partial charge is 0.305 e. The molecule has 0 bridgehead atoms. The third-order valence-corrected chi connectivity index (χ3v) is 2.04. The minimum atomic E-state index is -0.0162. The molecule has 1 atom stereocenters. The second kappa shape index (κ2) is 4.75. The normalized spacial score (nSPS) is 14.7. The summed E-state index contributed by atoms with van der Waals surface area (Å²) in [5.74, 6) is 0.307. The Morgan fingerprint density at radius 1 is 1.31 bits per heavy atom. The molecule has 0 radical (unpaired) electrons. The molecule has 13 heavy (non-hydrogen) atoms. The topological polar surface area (TPSA) is 29.1 Å². The van der Waals surface area contributed by atoms with Gasteiger partial charge in [0, 0.05) is 12.5 Å². The van der Waals surface area contributed by atoms with Crippen LogP contribution >= 0.6 is 0 Å². The van der Waals surface area contributed by atoms with Gasteiger partial charge in [0.2, 0.25) is 0 Å². The maximum absolute atomic E-state index is 11.6. The Kier molecular flexibility index (Phi) is 4.62. The molecule has 78 valence electrons. The number of rotatable bonds is 4. The van der Waals surface area contributed by atoms with E-state index >= 15 is 0 Å². The first-order valence-electron chi connectivity index (χ1n) is 5.07. The molecule has 0 aliphatic heterocycles. The average Bonchev–Trinajstić information content (AvgIpc) is 1.96. The van der Waals surface area contributed by atoms with Gasteiger partial charge in [-0.3, -0.25) is 4.79 Å². The van der Waals surface area contributed by atoms with E-state index in [9.17, 15) is 4.79 Å². The summed E-state index contributed by atoms with van der Waals surface area (Å²) in [4.78, 5) is 11.6. The van der Waals surface area contributed by atoms with Crippen molar-refractivity contribution in [3.8, 4) is 0 Å². The molecule has 0 rings (SSSR count). The molecule has 2 heteroatoms. The summed E-state index contributed by atoms with van der Waals surface area (Å²) in [5.41, 5.74) is 0.0113. The van der Waals surface area contributed by atoms with Crippen LogP contribution in [0, 0.1) is 5.41 Å². The van der Waals surface area contributed by atoms with Crippen LogP contribution in [0.15, 0.2) is 0 Å². The minimum Gasteiger partial charge on any atom is -0.305 e. The lowest BCUT2D eigenvalue weighted by Crippen LogP contribution is -2.49. The third-order valence-electron chi connectivity index (χ3n) is 2.04. The zero-order valence-corrected chi connectivity index (χ0v) is 9.77. The second-order valence-corrected chi connectivity index (χ2v) is 4.94. The van der Waals surface area contributed by atoms with Gasteiger partial charge in [-0.25, -0.2) is 0 Å². The molecule has 0 aromatic rings. The van der Waals surface area contributed by atoms with E-state index in [4.69, 9.17) is 0 Å². The predicted molar refractivity (Wildman–Crippen MR) is 56.8 cm³/mol. The highest BCUT2D eigenvalue weighted by atomic mass is 16.1. The van der Waals surface area contributed by atoms with E-state index in [2.05, 4.69) is 39.9 Å². The van der Waals surface area contributed by atoms with E-state index in [1.54, 1.807) is 0 Å². The van der Waals surface area contributed by atoms with Crippen LogP contribution in [0.5, 0.6) is 0 Å². The molecule has 0 saturated heterocycles. The number of Topliss-reactive ketones (excluding diaryl/α,β-unsaturated/α-hetero) is 1. The highest BCUT2D eigenvalue weighted by Gasteiger charge is 2.29. The molecule has 2 nitrogen and oxygen atoms in total. The van der Waals surface area contributed by atoms with Crippen LogP contribution in [0.2, 0.25) is 0 Å². The summed E-state index contributed by atoms with van der Waals surface area (Å²) in [6.07, 6.45) is 0.613. The third kappa shape index (κ3) is 4.41. The first kappa shape index (κ1) is 12.6. The first-order chi connectivity index (χ1) is 5.79. The van der Waals surface area contributed by atoms with E-state index in [0.717, 1.165) is 0 Å². The lowest BCUT2D eigenvalue weighted by Gasteiger charge is -2.31. The smallest absolute Gasteiger partial charge is 0.150 e. The van der Waals surface area contributed by atoms with Gasteiger partial charge in [0.25, 0.3) is 0 Å². The van der Waals surface area contributed by atoms with Gasteiger partial charge in [-0.05, 0) is 5.41 Å². The van der Waals surface area contributed by atoms with Gasteiger partial charge in [0.1, 0.15) is 5.78 Å². The lowest BCUT2D eigenvalue weighted by molar-refractivity contribution is -0.123. The Balaban J connectivity index is 4.47. The van der Waals surface area contributed by atoms with E-state index in [1.165, 1.54) is 0 Å². The predicted octanol–water partition coefficient (Wildman–Crippen LogP) is 2.38. The molecule has 0 unspecified atom stereocenters. The molecule has 1 N–H and O–H groups in total. The fourth-order valence-corrected chi connectivity index (χ4v) is 1.36. The molecular formula is C11H23NO. The zero-order valence-electron chi connectivity index (χ0n) is 9.77. The van der Waals surface area contributed by atoms with Crippen molar-refractivity contribution >= 4 is 5.78 Å². The quantitative estimate of drug-likeness (QED) is 0.728. The molecule has 0 aliphatic carbocycles. The van der Waals surface area contributed by atoms with Crippen LogP contribution in [-0.4, -0.2) is 17.9 Å². The van der Waals surface area contributed by atoms with Gasteiger partial charge in [0.15, 0.2) is 0 Å². The van der Waals surface area contributed by atoms with Gasteiger partial charge in [-0.2, -0.15) is 0 Å². The summed E-state index contributed by atoms with van der Waals surface area (Å²) in [5, 5.41) is 3.32. The molecule has 0 aromatic heterocycles. The summed E-state index contributed by atoms with van der Waals surface area (Å²) in [7, 11) is 0. The van der Waals surface area contributed by atoms with E-state index in [-0.39, 0.29) is 11.5 Å². The van der Waals surface area contributed by atoms with Crippen molar-refractivity contribution < 1.29 is 4.79 Å². The van der Waals surface area contributed by atoms with Gasteiger partial charge in [-0.1, -0.05) is 41.5 Å². The average molecular weight is 185 g/mol. The highest BCUT2D eigenvalue weighted by molar-refractivity contribution is 5.84. The van der Waals surface area contributed by atoms with Crippen LogP contribution in [-0.2, 0) is 4.79 Å². The number of hydrogen-bond donors (Lipinski definition) is 1. The van der Waals surface area contributed by atoms with Crippen LogP contribution in [0.25, 0.3) is 0 Å². The van der Waals surface area contributed by atoms with Gasteiger partial charge in [-0.15, -0.1) is 0 Å². The molecular weight excluding hydrogens is 162 g/mol. The van der Waals surface area contributed by atoms with E-state index < -0.39 is 0 Å². The van der Waals surface area contributed by atoms with Crippen molar-refractivity contribution in [3.63, 3.8) is 0 Å². The van der Waals surface area contributed by atoms with E-state index in [1.807, 2.05) is 6.92 Å². The maximum atomic E-state index is 11.6. The zero-order chi connectivity index (χ0) is 10.6. The monoisotopic (exact) mass is 185 g/mol. The molecule has 0 amide bonds. The summed E-state index contributed by atoms with van der Waals surface area (Å²) in [6.45, 7) is 12.4. The first-order valence-corrected chi connectivity index (χ1v) is 5.07. The van der Waals surface area contributed by atoms with Crippen molar-refractivity contribution in [2.24, 2.45) is 5.41 Å². The fraction of sp³-hybridized carbons (Fsp3) is 0.909. The molecule has 0 heterocycles. The number of carbonyl (C=O) groups is 1. The minimum absolute atomic E-state index is 0.0113. The van der Waals surface area contributed by atoms with Crippen molar-refractivity contribution in [2.45, 2.75) is 60.0 Å². The molecule has 0 spiro atoms. The van der Waals surface area contributed by atoms with Crippen molar-refractivity contribution in [1.82, 2.24) is 5.32 Å². The molecule has 0 aliphatic rings. The summed E-state index contributed by atoms with van der Waals surface area (Å²) in [6, 6.07) is 0.345. The Hall–Kier alpha value is -0.370. The van der Waals surface area contributed by atoms with Crippen LogP contribution in [0.4, 0.5) is 0 Å². The van der Waals surface area contributed by atoms with Crippen molar-refractivity contribution in [2.75, 3.05) is 0 Å². The van der Waals surface area contributed by atoms with Crippen LogP contribution < -0.4 is 5.32 Å². The molecule has 0 aromatic carbocycles. The summed E-state index contributed by atoms with van der Waals surface area (Å²) >= 11 is 0.